The van der Waals surface area contributed by atoms with E-state index in [1.54, 1.807) is 31.3 Å². The molecule has 2 aromatic heterocycles. The Hall–Kier alpha value is -2.42. The third-order valence-corrected chi connectivity index (χ3v) is 5.33. The van der Waals surface area contributed by atoms with Crippen LogP contribution in [0.3, 0.4) is 0 Å². The van der Waals surface area contributed by atoms with E-state index in [4.69, 9.17) is 14.2 Å². The number of hydrogen-bond donors (Lipinski definition) is 0. The molecule has 0 aliphatic carbocycles. The topological polar surface area (TPSA) is 71.3 Å². The third-order valence-electron chi connectivity index (χ3n) is 4.27. The first-order valence-electron chi connectivity index (χ1n) is 8.67. The Bertz CT molecular complexity index is 864. The fraction of sp³-hybridized carbons (Fsp3) is 0.316. The van der Waals surface area contributed by atoms with Gasteiger partial charge in [0, 0.05) is 29.4 Å². The lowest BCUT2D eigenvalue weighted by Crippen LogP contribution is -2.25. The standard InChI is InChI=1S/C19H20N4O3S/c1-24-16-4-2-15(3-5-16)23-18(14-6-9-20-10-7-14)21-22-19(23)27-12-17-8-11-25-13-26-17/h2-7,9-10,17H,8,11-13H2,1H3/t17-/m1/s1. The Morgan fingerprint density at radius 1 is 1.15 bits per heavy atom. The monoisotopic (exact) mass is 384 g/mol. The summed E-state index contributed by atoms with van der Waals surface area (Å²) in [4.78, 5) is 4.09. The number of benzene rings is 1. The second-order valence-electron chi connectivity index (χ2n) is 5.99. The molecule has 0 N–H and O–H groups in total. The fourth-order valence-corrected chi connectivity index (χ4v) is 3.83. The quantitative estimate of drug-likeness (QED) is 0.604. The lowest BCUT2D eigenvalue weighted by atomic mass is 10.2. The first-order chi connectivity index (χ1) is 13.3. The summed E-state index contributed by atoms with van der Waals surface area (Å²) in [7, 11) is 1.66. The fourth-order valence-electron chi connectivity index (χ4n) is 2.82. The van der Waals surface area contributed by atoms with Crippen LogP contribution in [-0.2, 0) is 9.47 Å². The molecule has 7 nitrogen and oxygen atoms in total. The van der Waals surface area contributed by atoms with E-state index in [9.17, 15) is 0 Å². The summed E-state index contributed by atoms with van der Waals surface area (Å²) in [5, 5.41) is 9.69. The Kier molecular flexibility index (Phi) is 5.66. The van der Waals surface area contributed by atoms with Crippen LogP contribution in [0, 0.1) is 0 Å². The molecule has 3 aromatic rings. The first-order valence-corrected chi connectivity index (χ1v) is 9.66. The van der Waals surface area contributed by atoms with Gasteiger partial charge in [0.1, 0.15) is 12.5 Å². The van der Waals surface area contributed by atoms with Crippen LogP contribution in [0.5, 0.6) is 5.75 Å². The number of nitrogens with zero attached hydrogens (tertiary/aromatic N) is 4. The van der Waals surface area contributed by atoms with Gasteiger partial charge in [-0.15, -0.1) is 10.2 Å². The van der Waals surface area contributed by atoms with Crippen molar-refractivity contribution in [1.82, 2.24) is 19.7 Å². The minimum absolute atomic E-state index is 0.161. The van der Waals surface area contributed by atoms with E-state index < -0.39 is 0 Å². The van der Waals surface area contributed by atoms with Crippen molar-refractivity contribution in [3.05, 3.63) is 48.8 Å². The summed E-state index contributed by atoms with van der Waals surface area (Å²) in [6.07, 6.45) is 4.56. The van der Waals surface area contributed by atoms with E-state index in [1.165, 1.54) is 0 Å². The summed E-state index contributed by atoms with van der Waals surface area (Å²) in [5.41, 5.74) is 1.94. The normalized spacial score (nSPS) is 17.0. The first kappa shape index (κ1) is 18.0. The molecule has 3 heterocycles. The van der Waals surface area contributed by atoms with Crippen LogP contribution < -0.4 is 4.74 Å². The van der Waals surface area contributed by atoms with E-state index in [0.717, 1.165) is 46.8 Å². The molecule has 1 aliphatic heterocycles. The molecule has 0 bridgehead atoms. The highest BCUT2D eigenvalue weighted by Gasteiger charge is 2.20. The molecular formula is C19H20N4O3S. The van der Waals surface area contributed by atoms with Crippen molar-refractivity contribution in [3.8, 4) is 22.8 Å². The zero-order valence-electron chi connectivity index (χ0n) is 14.9. The molecule has 0 radical (unpaired) electrons. The maximum atomic E-state index is 5.64. The molecule has 1 aliphatic rings. The molecule has 27 heavy (non-hydrogen) atoms. The van der Waals surface area contributed by atoms with Gasteiger partial charge in [-0.3, -0.25) is 9.55 Å². The zero-order chi connectivity index (χ0) is 18.5. The van der Waals surface area contributed by atoms with E-state index in [-0.39, 0.29) is 6.10 Å². The lowest BCUT2D eigenvalue weighted by molar-refractivity contribution is -0.130. The van der Waals surface area contributed by atoms with Crippen LogP contribution in [-0.4, -0.2) is 52.1 Å². The Morgan fingerprint density at radius 2 is 1.96 bits per heavy atom. The molecule has 8 heteroatoms. The van der Waals surface area contributed by atoms with Crippen LogP contribution in [0.4, 0.5) is 0 Å². The highest BCUT2D eigenvalue weighted by Crippen LogP contribution is 2.29. The van der Waals surface area contributed by atoms with Gasteiger partial charge in [0.25, 0.3) is 0 Å². The summed E-state index contributed by atoms with van der Waals surface area (Å²) < 4.78 is 18.2. The number of hydrogen-bond acceptors (Lipinski definition) is 7. The minimum atomic E-state index is 0.161. The van der Waals surface area contributed by atoms with Crippen molar-refractivity contribution in [2.75, 3.05) is 26.3 Å². The number of thioether (sulfide) groups is 1. The second kappa shape index (κ2) is 8.51. The number of aromatic nitrogens is 4. The largest absolute Gasteiger partial charge is 0.497 e. The lowest BCUT2D eigenvalue weighted by Gasteiger charge is -2.22. The molecule has 0 saturated carbocycles. The molecule has 1 saturated heterocycles. The van der Waals surface area contributed by atoms with Crippen LogP contribution in [0.15, 0.2) is 53.9 Å². The number of ether oxygens (including phenoxy) is 3. The SMILES string of the molecule is COc1ccc(-n2c(SC[C@H]3CCOCO3)nnc2-c2ccncc2)cc1. The van der Waals surface area contributed by atoms with Crippen molar-refractivity contribution in [1.29, 1.82) is 0 Å². The van der Waals surface area contributed by atoms with Crippen LogP contribution in [0.1, 0.15) is 6.42 Å². The molecule has 140 valence electrons. The number of rotatable bonds is 6. The molecule has 4 rings (SSSR count). The molecule has 1 atom stereocenters. The predicted octanol–water partition coefficient (Wildman–Crippen LogP) is 3.19. The maximum Gasteiger partial charge on any atom is 0.196 e. The van der Waals surface area contributed by atoms with E-state index in [2.05, 4.69) is 19.7 Å². The smallest absolute Gasteiger partial charge is 0.196 e. The Balaban J connectivity index is 1.66. The summed E-state index contributed by atoms with van der Waals surface area (Å²) in [6.45, 7) is 1.09. The van der Waals surface area contributed by atoms with Gasteiger partial charge >= 0.3 is 0 Å². The van der Waals surface area contributed by atoms with Gasteiger partial charge in [-0.05, 0) is 42.8 Å². The van der Waals surface area contributed by atoms with Gasteiger partial charge in [0.05, 0.1) is 19.8 Å². The van der Waals surface area contributed by atoms with Crippen LogP contribution >= 0.6 is 11.8 Å². The van der Waals surface area contributed by atoms with Crippen LogP contribution in [0.25, 0.3) is 17.1 Å². The number of pyridine rings is 1. The predicted molar refractivity (Wildman–Crippen MR) is 102 cm³/mol. The summed E-state index contributed by atoms with van der Waals surface area (Å²) in [5.74, 6) is 2.38. The number of methoxy groups -OCH3 is 1. The highest BCUT2D eigenvalue weighted by atomic mass is 32.2. The third kappa shape index (κ3) is 4.13. The molecule has 1 fully saturated rings. The minimum Gasteiger partial charge on any atom is -0.497 e. The van der Waals surface area contributed by atoms with Gasteiger partial charge < -0.3 is 14.2 Å². The average Bonchev–Trinajstić information content (AvgIpc) is 3.17. The van der Waals surface area contributed by atoms with Crippen molar-refractivity contribution in [2.24, 2.45) is 0 Å². The average molecular weight is 384 g/mol. The molecule has 0 unspecified atom stereocenters. The summed E-state index contributed by atoms with van der Waals surface area (Å²) in [6, 6.07) is 11.7. The van der Waals surface area contributed by atoms with Gasteiger partial charge in [0.15, 0.2) is 11.0 Å². The Labute approximate surface area is 161 Å². The highest BCUT2D eigenvalue weighted by molar-refractivity contribution is 7.99. The van der Waals surface area contributed by atoms with Gasteiger partial charge in [-0.2, -0.15) is 0 Å². The van der Waals surface area contributed by atoms with Crippen LogP contribution in [0.2, 0.25) is 0 Å². The molecule has 1 aromatic carbocycles. The van der Waals surface area contributed by atoms with Gasteiger partial charge in [0.2, 0.25) is 0 Å². The molecule has 0 amide bonds. The van der Waals surface area contributed by atoms with Crippen molar-refractivity contribution >= 4 is 11.8 Å². The Morgan fingerprint density at radius 3 is 2.67 bits per heavy atom. The molecule has 0 spiro atoms. The summed E-state index contributed by atoms with van der Waals surface area (Å²) >= 11 is 1.64. The van der Waals surface area contributed by atoms with Crippen molar-refractivity contribution < 1.29 is 14.2 Å². The van der Waals surface area contributed by atoms with E-state index >= 15 is 0 Å². The maximum absolute atomic E-state index is 5.64. The molecular weight excluding hydrogens is 364 g/mol. The van der Waals surface area contributed by atoms with E-state index in [0.29, 0.717) is 6.79 Å². The van der Waals surface area contributed by atoms with E-state index in [1.807, 2.05) is 36.4 Å². The zero-order valence-corrected chi connectivity index (χ0v) is 15.8. The van der Waals surface area contributed by atoms with Crippen molar-refractivity contribution in [2.45, 2.75) is 17.7 Å². The van der Waals surface area contributed by atoms with Gasteiger partial charge in [-0.1, -0.05) is 11.8 Å². The van der Waals surface area contributed by atoms with Crippen molar-refractivity contribution in [3.63, 3.8) is 0 Å². The van der Waals surface area contributed by atoms with Gasteiger partial charge in [-0.25, -0.2) is 0 Å². The second-order valence-corrected chi connectivity index (χ2v) is 6.98.